The third kappa shape index (κ3) is 5.86. The summed E-state index contributed by atoms with van der Waals surface area (Å²) in [4.78, 5) is 28.9. The second-order valence-electron chi connectivity index (χ2n) is 8.65. The van der Waals surface area contributed by atoms with E-state index in [4.69, 9.17) is 32.7 Å². The molecule has 0 aliphatic heterocycles. The molecule has 0 spiro atoms. The zero-order valence-electron chi connectivity index (χ0n) is 21.3. The van der Waals surface area contributed by atoms with Crippen LogP contribution in [0.15, 0.2) is 96.1 Å². The van der Waals surface area contributed by atoms with Gasteiger partial charge in [-0.15, -0.1) is 0 Å². The average Bonchev–Trinajstić information content (AvgIpc) is 3.35. The summed E-state index contributed by atoms with van der Waals surface area (Å²) in [6, 6.07) is 26.5. The number of carbonyl (C=O) groups excluding carboxylic acids is 2. The first-order valence-electron chi connectivity index (χ1n) is 12.4. The van der Waals surface area contributed by atoms with Gasteiger partial charge in [-0.3, -0.25) is 4.79 Å². The standard InChI is InChI=1S/C31H23Cl2N3O4/c1-2-39-26-15-19(13-14-25(26)40-31(38)21-11-7-4-8-12-21)18-34-36-30(37)29-27(20-9-5-3-6-10-20)28-23(33)16-22(32)17-24(28)35-29/h3-18,35H,2H2,1H3,(H,36,37). The van der Waals surface area contributed by atoms with Crippen molar-refractivity contribution in [2.45, 2.75) is 6.92 Å². The van der Waals surface area contributed by atoms with E-state index in [9.17, 15) is 9.59 Å². The van der Waals surface area contributed by atoms with Gasteiger partial charge in [0.2, 0.25) is 0 Å². The molecule has 0 fully saturated rings. The Labute approximate surface area is 240 Å². The van der Waals surface area contributed by atoms with Crippen LogP contribution in [0.25, 0.3) is 22.0 Å². The number of aromatic amines is 1. The van der Waals surface area contributed by atoms with Crippen molar-refractivity contribution in [3.8, 4) is 22.6 Å². The number of ether oxygens (including phenoxy) is 2. The molecule has 5 aromatic rings. The summed E-state index contributed by atoms with van der Waals surface area (Å²) >= 11 is 12.7. The molecule has 0 saturated heterocycles. The fourth-order valence-corrected chi connectivity index (χ4v) is 4.81. The molecule has 9 heteroatoms. The van der Waals surface area contributed by atoms with Crippen molar-refractivity contribution in [2.24, 2.45) is 5.10 Å². The van der Waals surface area contributed by atoms with Gasteiger partial charge in [0, 0.05) is 21.5 Å². The Hall–Kier alpha value is -4.59. The highest BCUT2D eigenvalue weighted by molar-refractivity contribution is 6.40. The van der Waals surface area contributed by atoms with Gasteiger partial charge >= 0.3 is 5.97 Å². The van der Waals surface area contributed by atoms with Crippen LogP contribution in [0.4, 0.5) is 0 Å². The highest BCUT2D eigenvalue weighted by Gasteiger charge is 2.21. The topological polar surface area (TPSA) is 92.8 Å². The predicted octanol–water partition coefficient (Wildman–Crippen LogP) is 7.52. The van der Waals surface area contributed by atoms with Gasteiger partial charge in [-0.05, 0) is 60.5 Å². The van der Waals surface area contributed by atoms with Crippen molar-refractivity contribution in [3.63, 3.8) is 0 Å². The second kappa shape index (κ2) is 12.1. The van der Waals surface area contributed by atoms with Gasteiger partial charge in [-0.25, -0.2) is 10.2 Å². The SMILES string of the molecule is CCOc1cc(C=NNC(=O)c2[nH]c3cc(Cl)cc(Cl)c3c2-c2ccccc2)ccc1OC(=O)c1ccccc1. The molecule has 0 unspecified atom stereocenters. The number of benzene rings is 4. The van der Waals surface area contributed by atoms with E-state index in [1.54, 1.807) is 54.6 Å². The number of rotatable bonds is 8. The van der Waals surface area contributed by atoms with Crippen LogP contribution in [0, 0.1) is 0 Å². The first-order chi connectivity index (χ1) is 19.4. The van der Waals surface area contributed by atoms with E-state index in [2.05, 4.69) is 15.5 Å². The summed E-state index contributed by atoms with van der Waals surface area (Å²) in [6.07, 6.45) is 1.47. The lowest BCUT2D eigenvalue weighted by molar-refractivity contribution is 0.0728. The fraction of sp³-hybridized carbons (Fsp3) is 0.0645. The van der Waals surface area contributed by atoms with Crippen LogP contribution in [0.1, 0.15) is 33.3 Å². The first-order valence-corrected chi connectivity index (χ1v) is 13.1. The van der Waals surface area contributed by atoms with E-state index in [1.165, 1.54) is 6.21 Å². The van der Waals surface area contributed by atoms with Crippen molar-refractivity contribution < 1.29 is 19.1 Å². The van der Waals surface area contributed by atoms with Gasteiger partial charge < -0.3 is 14.5 Å². The van der Waals surface area contributed by atoms with Crippen LogP contribution in [-0.2, 0) is 0 Å². The molecule has 2 N–H and O–H groups in total. The lowest BCUT2D eigenvalue weighted by atomic mass is 10.0. The number of H-pyrrole nitrogens is 1. The number of nitrogens with zero attached hydrogens (tertiary/aromatic N) is 1. The van der Waals surface area contributed by atoms with Crippen LogP contribution in [0.5, 0.6) is 11.5 Å². The van der Waals surface area contributed by atoms with E-state index >= 15 is 0 Å². The predicted molar refractivity (Wildman–Crippen MR) is 158 cm³/mol. The Morgan fingerprint density at radius 3 is 2.38 bits per heavy atom. The van der Waals surface area contributed by atoms with Crippen molar-refractivity contribution in [1.82, 2.24) is 10.4 Å². The van der Waals surface area contributed by atoms with Crippen LogP contribution >= 0.6 is 23.2 Å². The molecule has 1 amide bonds. The summed E-state index contributed by atoms with van der Waals surface area (Å²) in [5, 5.41) is 5.70. The number of esters is 1. The maximum Gasteiger partial charge on any atom is 0.343 e. The minimum Gasteiger partial charge on any atom is -0.490 e. The minimum atomic E-state index is -0.496. The van der Waals surface area contributed by atoms with Gasteiger partial charge in [0.15, 0.2) is 11.5 Å². The average molecular weight is 572 g/mol. The summed E-state index contributed by atoms with van der Waals surface area (Å²) in [5.41, 5.74) is 6.00. The lowest BCUT2D eigenvalue weighted by Crippen LogP contribution is -2.18. The Balaban J connectivity index is 1.38. The highest BCUT2D eigenvalue weighted by atomic mass is 35.5. The van der Waals surface area contributed by atoms with Crippen molar-refractivity contribution >= 4 is 52.2 Å². The highest BCUT2D eigenvalue weighted by Crippen LogP contribution is 2.38. The van der Waals surface area contributed by atoms with Crippen molar-refractivity contribution in [3.05, 3.63) is 118 Å². The molecule has 0 saturated carbocycles. The van der Waals surface area contributed by atoms with Gasteiger partial charge in [0.25, 0.3) is 5.91 Å². The Morgan fingerprint density at radius 2 is 1.65 bits per heavy atom. The smallest absolute Gasteiger partial charge is 0.343 e. The third-order valence-electron chi connectivity index (χ3n) is 5.96. The molecule has 0 aliphatic carbocycles. The lowest BCUT2D eigenvalue weighted by Gasteiger charge is -2.11. The molecule has 1 aromatic heterocycles. The maximum absolute atomic E-state index is 13.3. The van der Waals surface area contributed by atoms with Crippen molar-refractivity contribution in [2.75, 3.05) is 6.61 Å². The number of aromatic nitrogens is 1. The Bertz CT molecular complexity index is 1720. The number of halogens is 2. The summed E-state index contributed by atoms with van der Waals surface area (Å²) in [5.74, 6) is -0.310. The van der Waals surface area contributed by atoms with Crippen LogP contribution in [0.2, 0.25) is 10.0 Å². The molecule has 40 heavy (non-hydrogen) atoms. The zero-order chi connectivity index (χ0) is 28.1. The number of hydrogen-bond acceptors (Lipinski definition) is 5. The van der Waals surface area contributed by atoms with Gasteiger partial charge in [0.1, 0.15) is 5.69 Å². The molecule has 0 bridgehead atoms. The molecule has 1 heterocycles. The molecular weight excluding hydrogens is 549 g/mol. The summed E-state index contributed by atoms with van der Waals surface area (Å²) in [6.45, 7) is 2.19. The second-order valence-corrected chi connectivity index (χ2v) is 9.49. The van der Waals surface area contributed by atoms with Gasteiger partial charge in [0.05, 0.1) is 23.4 Å². The maximum atomic E-state index is 13.3. The molecule has 4 aromatic carbocycles. The van der Waals surface area contributed by atoms with E-state index in [-0.39, 0.29) is 5.75 Å². The normalized spacial score (nSPS) is 11.1. The molecule has 0 radical (unpaired) electrons. The first kappa shape index (κ1) is 27.0. The van der Waals surface area contributed by atoms with Gasteiger partial charge in [-0.1, -0.05) is 71.7 Å². The number of hydrogen-bond donors (Lipinski definition) is 2. The van der Waals surface area contributed by atoms with Crippen LogP contribution in [-0.4, -0.2) is 29.7 Å². The zero-order valence-corrected chi connectivity index (χ0v) is 22.8. The summed E-state index contributed by atoms with van der Waals surface area (Å²) in [7, 11) is 0. The van der Waals surface area contributed by atoms with Crippen molar-refractivity contribution in [1.29, 1.82) is 0 Å². The van der Waals surface area contributed by atoms with E-state index < -0.39 is 11.9 Å². The number of nitrogens with one attached hydrogen (secondary N) is 2. The quantitative estimate of drug-likeness (QED) is 0.0871. The van der Waals surface area contributed by atoms with Crippen LogP contribution in [0.3, 0.4) is 0 Å². The van der Waals surface area contributed by atoms with E-state index in [0.29, 0.717) is 55.7 Å². The third-order valence-corrected chi connectivity index (χ3v) is 6.48. The molecule has 200 valence electrons. The Kier molecular flexibility index (Phi) is 8.15. The Morgan fingerprint density at radius 1 is 0.925 bits per heavy atom. The monoisotopic (exact) mass is 571 g/mol. The fourth-order valence-electron chi connectivity index (χ4n) is 4.22. The number of hydrazone groups is 1. The molecule has 7 nitrogen and oxygen atoms in total. The van der Waals surface area contributed by atoms with E-state index in [0.717, 1.165) is 5.56 Å². The minimum absolute atomic E-state index is 0.276. The van der Waals surface area contributed by atoms with Crippen LogP contribution < -0.4 is 14.9 Å². The largest absolute Gasteiger partial charge is 0.490 e. The van der Waals surface area contributed by atoms with E-state index in [1.807, 2.05) is 43.3 Å². The molecule has 5 rings (SSSR count). The van der Waals surface area contributed by atoms with Gasteiger partial charge in [-0.2, -0.15) is 5.10 Å². The number of amides is 1. The molecular formula is C31H23Cl2N3O4. The molecule has 0 atom stereocenters. The summed E-state index contributed by atoms with van der Waals surface area (Å²) < 4.78 is 11.2. The number of fused-ring (bicyclic) bond motifs is 1. The number of carbonyl (C=O) groups is 2. The molecule has 0 aliphatic rings.